The van der Waals surface area contributed by atoms with Crippen molar-refractivity contribution in [2.75, 3.05) is 6.26 Å². The summed E-state index contributed by atoms with van der Waals surface area (Å²) in [5.74, 6) is 0.199. The van der Waals surface area contributed by atoms with Gasteiger partial charge in [-0.2, -0.15) is 0 Å². The van der Waals surface area contributed by atoms with E-state index in [0.29, 0.717) is 0 Å². The third-order valence-electron chi connectivity index (χ3n) is 3.43. The van der Waals surface area contributed by atoms with Gasteiger partial charge in [0.2, 0.25) is 0 Å². The Balaban J connectivity index is 2.33. The summed E-state index contributed by atoms with van der Waals surface area (Å²) in [6, 6.07) is 0. The Morgan fingerprint density at radius 2 is 1.19 bits per heavy atom. The van der Waals surface area contributed by atoms with E-state index >= 15 is 0 Å². The summed E-state index contributed by atoms with van der Waals surface area (Å²) in [4.78, 5) is 24.3. The monoisotopic (exact) mass is 298 g/mol. The van der Waals surface area contributed by atoms with Gasteiger partial charge in [-0.3, -0.25) is 9.59 Å². The van der Waals surface area contributed by atoms with E-state index in [1.165, 1.54) is 11.8 Å². The molecule has 2 nitrogen and oxygen atoms in total. The van der Waals surface area contributed by atoms with Gasteiger partial charge in [0.15, 0.2) is 11.6 Å². The van der Waals surface area contributed by atoms with E-state index in [1.807, 2.05) is 63.5 Å². The van der Waals surface area contributed by atoms with Gasteiger partial charge in [0.25, 0.3) is 0 Å². The SMILES string of the molecule is CSC1=C/C(=C/C=C2C=C(C)C(=O)C(C)=C2)C=C(C)C1=O. The van der Waals surface area contributed by atoms with E-state index in [2.05, 4.69) is 0 Å². The molecule has 0 aromatic rings. The normalized spacial score (nSPS) is 21.0. The van der Waals surface area contributed by atoms with Crippen LogP contribution < -0.4 is 0 Å². The summed E-state index contributed by atoms with van der Waals surface area (Å²) in [7, 11) is 0. The quantitative estimate of drug-likeness (QED) is 0.770. The molecule has 0 fully saturated rings. The van der Waals surface area contributed by atoms with Crippen LogP contribution in [0, 0.1) is 0 Å². The molecule has 3 heteroatoms. The molecule has 0 radical (unpaired) electrons. The minimum Gasteiger partial charge on any atom is -0.289 e. The Kier molecular flexibility index (Phi) is 4.63. The van der Waals surface area contributed by atoms with Crippen LogP contribution in [0.25, 0.3) is 0 Å². The Morgan fingerprint density at radius 3 is 1.67 bits per heavy atom. The largest absolute Gasteiger partial charge is 0.289 e. The number of ketones is 2. The van der Waals surface area contributed by atoms with Gasteiger partial charge in [-0.15, -0.1) is 11.8 Å². The first-order chi connectivity index (χ1) is 9.92. The molecule has 0 bridgehead atoms. The van der Waals surface area contributed by atoms with Crippen LogP contribution in [0.4, 0.5) is 0 Å². The Labute approximate surface area is 129 Å². The van der Waals surface area contributed by atoms with Crippen LogP contribution in [-0.4, -0.2) is 17.8 Å². The third kappa shape index (κ3) is 3.42. The van der Waals surface area contributed by atoms with Crippen molar-refractivity contribution < 1.29 is 9.59 Å². The van der Waals surface area contributed by atoms with Crippen LogP contribution in [0.5, 0.6) is 0 Å². The van der Waals surface area contributed by atoms with Gasteiger partial charge in [-0.1, -0.05) is 12.2 Å². The van der Waals surface area contributed by atoms with Crippen molar-refractivity contribution in [2.45, 2.75) is 20.8 Å². The summed E-state index contributed by atoms with van der Waals surface area (Å²) in [5, 5.41) is 0. The molecule has 0 amide bonds. The van der Waals surface area contributed by atoms with E-state index in [-0.39, 0.29) is 11.6 Å². The standard InChI is InChI=1S/C18H18O2S/c1-11-7-14(8-12(2)17(11)19)5-6-15-9-13(3)18(20)16(10-15)21-4/h5-10H,1-4H3/b15-6+. The number of thioether (sulfide) groups is 1. The smallest absolute Gasteiger partial charge is 0.195 e. The second kappa shape index (κ2) is 6.27. The second-order valence-electron chi connectivity index (χ2n) is 5.19. The second-order valence-corrected chi connectivity index (χ2v) is 6.03. The molecule has 0 atom stereocenters. The van der Waals surface area contributed by atoms with E-state index < -0.39 is 0 Å². The molecule has 2 aliphatic rings. The number of hydrogen-bond donors (Lipinski definition) is 0. The fraction of sp³-hybridized carbons (Fsp3) is 0.222. The van der Waals surface area contributed by atoms with Crippen LogP contribution in [0.1, 0.15) is 20.8 Å². The van der Waals surface area contributed by atoms with Gasteiger partial charge in [-0.05, 0) is 79.2 Å². The lowest BCUT2D eigenvalue weighted by Crippen LogP contribution is -2.06. The van der Waals surface area contributed by atoms with Gasteiger partial charge in [0.1, 0.15) is 0 Å². The fourth-order valence-corrected chi connectivity index (χ4v) is 2.89. The minimum atomic E-state index is 0.0991. The molecule has 0 saturated carbocycles. The predicted octanol–water partition coefficient (Wildman–Crippen LogP) is 4.09. The molecule has 0 unspecified atom stereocenters. The van der Waals surface area contributed by atoms with Gasteiger partial charge in [0, 0.05) is 0 Å². The molecule has 0 spiro atoms. The zero-order valence-electron chi connectivity index (χ0n) is 12.7. The van der Waals surface area contributed by atoms with Crippen LogP contribution in [0.15, 0.2) is 69.2 Å². The third-order valence-corrected chi connectivity index (χ3v) is 4.18. The summed E-state index contributed by atoms with van der Waals surface area (Å²) in [6.45, 7) is 5.49. The van der Waals surface area contributed by atoms with E-state index in [0.717, 1.165) is 32.8 Å². The van der Waals surface area contributed by atoms with E-state index in [1.54, 1.807) is 0 Å². The van der Waals surface area contributed by atoms with Crippen LogP contribution in [-0.2, 0) is 9.59 Å². The maximum Gasteiger partial charge on any atom is 0.195 e. The van der Waals surface area contributed by atoms with Crippen molar-refractivity contribution in [3.63, 3.8) is 0 Å². The van der Waals surface area contributed by atoms with E-state index in [9.17, 15) is 9.59 Å². The minimum absolute atomic E-state index is 0.0991. The molecule has 2 aliphatic carbocycles. The highest BCUT2D eigenvalue weighted by Crippen LogP contribution is 2.26. The predicted molar refractivity (Wildman–Crippen MR) is 89.0 cm³/mol. The first kappa shape index (κ1) is 15.5. The van der Waals surface area contributed by atoms with Gasteiger partial charge in [-0.25, -0.2) is 0 Å². The van der Waals surface area contributed by atoms with Crippen molar-refractivity contribution in [1.82, 2.24) is 0 Å². The van der Waals surface area contributed by atoms with Crippen molar-refractivity contribution in [3.8, 4) is 0 Å². The molecule has 0 saturated heterocycles. The molecule has 0 heterocycles. The first-order valence-corrected chi connectivity index (χ1v) is 7.97. The lowest BCUT2D eigenvalue weighted by molar-refractivity contribution is -0.112. The zero-order valence-corrected chi connectivity index (χ0v) is 13.5. The van der Waals surface area contributed by atoms with Crippen LogP contribution in [0.3, 0.4) is 0 Å². The fourth-order valence-electron chi connectivity index (χ4n) is 2.29. The summed E-state index contributed by atoms with van der Waals surface area (Å²) in [5.41, 5.74) is 4.26. The number of hydrogen-bond acceptors (Lipinski definition) is 3. The zero-order chi connectivity index (χ0) is 15.6. The molecule has 108 valence electrons. The van der Waals surface area contributed by atoms with E-state index in [4.69, 9.17) is 0 Å². The highest BCUT2D eigenvalue weighted by molar-refractivity contribution is 8.03. The first-order valence-electron chi connectivity index (χ1n) is 6.74. The van der Waals surface area contributed by atoms with Crippen LogP contribution in [0.2, 0.25) is 0 Å². The molecular weight excluding hydrogens is 280 g/mol. The average molecular weight is 298 g/mol. The lowest BCUT2D eigenvalue weighted by Gasteiger charge is -2.11. The summed E-state index contributed by atoms with van der Waals surface area (Å²) >= 11 is 1.46. The van der Waals surface area contributed by atoms with Crippen molar-refractivity contribution in [1.29, 1.82) is 0 Å². The topological polar surface area (TPSA) is 34.1 Å². The number of Topliss-reactive ketones (excluding diaryl/α,β-unsaturated/α-hetero) is 2. The van der Waals surface area contributed by atoms with Crippen molar-refractivity contribution >= 4 is 23.3 Å². The molecular formula is C18H18O2S. The average Bonchev–Trinajstić information content (AvgIpc) is 2.45. The number of carbonyl (C=O) groups is 2. The van der Waals surface area contributed by atoms with Crippen LogP contribution >= 0.6 is 11.8 Å². The molecule has 0 aromatic carbocycles. The van der Waals surface area contributed by atoms with Crippen molar-refractivity contribution in [3.05, 3.63) is 69.2 Å². The summed E-state index contributed by atoms with van der Waals surface area (Å²) < 4.78 is 0. The Hall–Kier alpha value is -1.87. The van der Waals surface area contributed by atoms with Gasteiger partial charge >= 0.3 is 0 Å². The number of carbonyl (C=O) groups excluding carboxylic acids is 2. The molecule has 2 rings (SSSR count). The Bertz CT molecular complexity index is 671. The lowest BCUT2D eigenvalue weighted by atomic mass is 9.95. The molecule has 0 N–H and O–H groups in total. The number of allylic oxidation sites excluding steroid dienone is 12. The van der Waals surface area contributed by atoms with Gasteiger partial charge in [0.05, 0.1) is 4.91 Å². The highest BCUT2D eigenvalue weighted by Gasteiger charge is 2.16. The highest BCUT2D eigenvalue weighted by atomic mass is 32.2. The summed E-state index contributed by atoms with van der Waals surface area (Å²) in [6.07, 6.45) is 13.4. The van der Waals surface area contributed by atoms with Gasteiger partial charge < -0.3 is 0 Å². The Morgan fingerprint density at radius 1 is 0.762 bits per heavy atom. The maximum absolute atomic E-state index is 11.9. The molecule has 0 aliphatic heterocycles. The maximum atomic E-state index is 11.9. The number of rotatable bonds is 2. The molecule has 21 heavy (non-hydrogen) atoms. The van der Waals surface area contributed by atoms with Crippen molar-refractivity contribution in [2.24, 2.45) is 0 Å². The molecule has 0 aromatic heterocycles.